The fourth-order valence-corrected chi connectivity index (χ4v) is 2.28. The van der Waals surface area contributed by atoms with E-state index in [1.54, 1.807) is 6.07 Å². The predicted octanol–water partition coefficient (Wildman–Crippen LogP) is 1.77. The fraction of sp³-hybridized carbons (Fsp3) is 0.357. The number of benzene rings is 1. The van der Waals surface area contributed by atoms with Crippen LogP contribution in [0.3, 0.4) is 0 Å². The summed E-state index contributed by atoms with van der Waals surface area (Å²) < 4.78 is 0. The average Bonchev–Trinajstić information content (AvgIpc) is 2.35. The molecule has 1 aliphatic heterocycles. The van der Waals surface area contributed by atoms with E-state index in [0.717, 1.165) is 43.6 Å². The molecule has 0 saturated carbocycles. The molecular weight excluding hydrogens is 214 g/mol. The highest BCUT2D eigenvalue weighted by Gasteiger charge is 2.20. The minimum Gasteiger partial charge on any atom is -0.478 e. The molecule has 1 aliphatic rings. The van der Waals surface area contributed by atoms with Gasteiger partial charge in [0.15, 0.2) is 0 Å². The Labute approximate surface area is 101 Å². The Kier molecular flexibility index (Phi) is 3.46. The van der Waals surface area contributed by atoms with Crippen molar-refractivity contribution >= 4 is 5.97 Å². The van der Waals surface area contributed by atoms with Gasteiger partial charge in [-0.2, -0.15) is 0 Å². The second kappa shape index (κ2) is 5.03. The number of carboxylic acids is 1. The van der Waals surface area contributed by atoms with E-state index < -0.39 is 5.97 Å². The molecule has 0 bridgehead atoms. The van der Waals surface area contributed by atoms with Crippen molar-refractivity contribution in [2.75, 3.05) is 13.1 Å². The maximum atomic E-state index is 11.1. The van der Waals surface area contributed by atoms with Gasteiger partial charge in [0.2, 0.25) is 0 Å². The van der Waals surface area contributed by atoms with Gasteiger partial charge in [0.1, 0.15) is 0 Å². The van der Waals surface area contributed by atoms with Crippen LogP contribution in [0.4, 0.5) is 0 Å². The first-order valence-corrected chi connectivity index (χ1v) is 5.72. The van der Waals surface area contributed by atoms with Crippen LogP contribution in [0.2, 0.25) is 0 Å². The van der Waals surface area contributed by atoms with Gasteiger partial charge in [0.05, 0.1) is 5.56 Å². The second-order valence-corrected chi connectivity index (χ2v) is 4.23. The lowest BCUT2D eigenvalue weighted by atomic mass is 9.94. The van der Waals surface area contributed by atoms with Crippen molar-refractivity contribution in [3.8, 4) is 12.3 Å². The van der Waals surface area contributed by atoms with Gasteiger partial charge in [-0.3, -0.25) is 4.90 Å². The van der Waals surface area contributed by atoms with E-state index in [-0.39, 0.29) is 0 Å². The topological polar surface area (TPSA) is 40.5 Å². The van der Waals surface area contributed by atoms with E-state index >= 15 is 0 Å². The third-order valence-electron chi connectivity index (χ3n) is 3.15. The normalized spacial score (nSPS) is 15.0. The number of nitrogens with zero attached hydrogens (tertiary/aromatic N) is 1. The summed E-state index contributed by atoms with van der Waals surface area (Å²) in [5, 5.41) is 9.11. The minimum atomic E-state index is -0.834. The van der Waals surface area contributed by atoms with E-state index in [4.69, 9.17) is 11.5 Å². The van der Waals surface area contributed by atoms with Crippen molar-refractivity contribution in [1.29, 1.82) is 0 Å². The van der Waals surface area contributed by atoms with Crippen LogP contribution in [0.15, 0.2) is 18.2 Å². The molecule has 0 aromatic heterocycles. The first-order chi connectivity index (χ1) is 8.22. The lowest BCUT2D eigenvalue weighted by molar-refractivity contribution is 0.0694. The standard InChI is InChI=1S/C14H15NO2/c1-2-3-8-15-9-7-12-11(10-15)5-4-6-13(12)14(16)17/h1,4-6H,3,7-10H2,(H,16,17). The zero-order valence-electron chi connectivity index (χ0n) is 9.65. The third-order valence-corrected chi connectivity index (χ3v) is 3.15. The second-order valence-electron chi connectivity index (χ2n) is 4.23. The number of hydrogen-bond donors (Lipinski definition) is 1. The molecule has 2 rings (SSSR count). The summed E-state index contributed by atoms with van der Waals surface area (Å²) in [6.45, 7) is 2.57. The molecule has 3 nitrogen and oxygen atoms in total. The van der Waals surface area contributed by atoms with Crippen molar-refractivity contribution in [2.45, 2.75) is 19.4 Å². The molecule has 0 radical (unpaired) electrons. The highest BCUT2D eigenvalue weighted by atomic mass is 16.4. The van der Waals surface area contributed by atoms with Crippen LogP contribution in [0, 0.1) is 12.3 Å². The van der Waals surface area contributed by atoms with Crippen molar-refractivity contribution < 1.29 is 9.90 Å². The molecule has 0 fully saturated rings. The molecule has 1 N–H and O–H groups in total. The quantitative estimate of drug-likeness (QED) is 0.803. The minimum absolute atomic E-state index is 0.444. The summed E-state index contributed by atoms with van der Waals surface area (Å²) in [7, 11) is 0. The van der Waals surface area contributed by atoms with Crippen LogP contribution in [-0.4, -0.2) is 29.1 Å². The van der Waals surface area contributed by atoms with Gasteiger partial charge in [0, 0.05) is 26.1 Å². The van der Waals surface area contributed by atoms with Crippen LogP contribution in [0.5, 0.6) is 0 Å². The van der Waals surface area contributed by atoms with Crippen molar-refractivity contribution in [3.05, 3.63) is 34.9 Å². The summed E-state index contributed by atoms with van der Waals surface area (Å²) >= 11 is 0. The first-order valence-electron chi connectivity index (χ1n) is 5.72. The van der Waals surface area contributed by atoms with Gasteiger partial charge < -0.3 is 5.11 Å². The highest BCUT2D eigenvalue weighted by Crippen LogP contribution is 2.22. The molecule has 1 heterocycles. The van der Waals surface area contributed by atoms with Gasteiger partial charge in [-0.1, -0.05) is 12.1 Å². The van der Waals surface area contributed by atoms with E-state index in [1.807, 2.05) is 12.1 Å². The van der Waals surface area contributed by atoms with Gasteiger partial charge in [-0.05, 0) is 23.6 Å². The lowest BCUT2D eigenvalue weighted by Gasteiger charge is -2.28. The number of carbonyl (C=O) groups is 1. The van der Waals surface area contributed by atoms with Crippen LogP contribution in [0.25, 0.3) is 0 Å². The van der Waals surface area contributed by atoms with Gasteiger partial charge in [-0.25, -0.2) is 4.79 Å². The van der Waals surface area contributed by atoms with Crippen molar-refractivity contribution in [3.63, 3.8) is 0 Å². The maximum absolute atomic E-state index is 11.1. The largest absolute Gasteiger partial charge is 0.478 e. The molecule has 88 valence electrons. The molecule has 0 aliphatic carbocycles. The molecule has 17 heavy (non-hydrogen) atoms. The third kappa shape index (κ3) is 2.48. The zero-order chi connectivity index (χ0) is 12.3. The van der Waals surface area contributed by atoms with Crippen LogP contribution < -0.4 is 0 Å². The smallest absolute Gasteiger partial charge is 0.335 e. The maximum Gasteiger partial charge on any atom is 0.335 e. The molecule has 0 spiro atoms. The van der Waals surface area contributed by atoms with E-state index in [9.17, 15) is 4.79 Å². The lowest BCUT2D eigenvalue weighted by Crippen LogP contribution is -2.32. The summed E-state index contributed by atoms with van der Waals surface area (Å²) in [4.78, 5) is 13.4. The van der Waals surface area contributed by atoms with Crippen LogP contribution in [0.1, 0.15) is 27.9 Å². The number of terminal acetylenes is 1. The Morgan fingerprint density at radius 2 is 2.35 bits per heavy atom. The summed E-state index contributed by atoms with van der Waals surface area (Å²) in [5.41, 5.74) is 2.55. The van der Waals surface area contributed by atoms with Crippen LogP contribution >= 0.6 is 0 Å². The van der Waals surface area contributed by atoms with Gasteiger partial charge in [-0.15, -0.1) is 12.3 Å². The monoisotopic (exact) mass is 229 g/mol. The average molecular weight is 229 g/mol. The number of rotatable bonds is 3. The molecule has 0 amide bonds. The Morgan fingerprint density at radius 3 is 3.06 bits per heavy atom. The Bertz CT molecular complexity index is 474. The van der Waals surface area contributed by atoms with E-state index in [2.05, 4.69) is 10.8 Å². The molecule has 3 heteroatoms. The SMILES string of the molecule is C#CCCN1CCc2c(cccc2C(=O)O)C1. The molecule has 1 aromatic rings. The number of carboxylic acid groups (broad SMARTS) is 1. The van der Waals surface area contributed by atoms with Gasteiger partial charge in [0.25, 0.3) is 0 Å². The number of aromatic carboxylic acids is 1. The van der Waals surface area contributed by atoms with Crippen LogP contribution in [-0.2, 0) is 13.0 Å². The number of fused-ring (bicyclic) bond motifs is 1. The summed E-state index contributed by atoms with van der Waals surface area (Å²) in [5.74, 6) is 1.80. The molecular formula is C14H15NO2. The van der Waals surface area contributed by atoms with E-state index in [1.165, 1.54) is 0 Å². The Morgan fingerprint density at radius 1 is 1.53 bits per heavy atom. The number of hydrogen-bond acceptors (Lipinski definition) is 2. The highest BCUT2D eigenvalue weighted by molar-refractivity contribution is 5.89. The molecule has 1 aromatic carbocycles. The molecule has 0 saturated heterocycles. The van der Waals surface area contributed by atoms with Gasteiger partial charge >= 0.3 is 5.97 Å². The molecule has 0 unspecified atom stereocenters. The summed E-state index contributed by atoms with van der Waals surface area (Å²) in [6, 6.07) is 5.50. The van der Waals surface area contributed by atoms with Crippen molar-refractivity contribution in [1.82, 2.24) is 4.90 Å². The first kappa shape index (κ1) is 11.7. The Hall–Kier alpha value is -1.79. The van der Waals surface area contributed by atoms with E-state index in [0.29, 0.717) is 5.56 Å². The zero-order valence-corrected chi connectivity index (χ0v) is 9.65. The predicted molar refractivity (Wildman–Crippen MR) is 65.8 cm³/mol. The fourth-order valence-electron chi connectivity index (χ4n) is 2.28. The summed E-state index contributed by atoms with van der Waals surface area (Å²) in [6.07, 6.45) is 6.79. The van der Waals surface area contributed by atoms with Crippen molar-refractivity contribution in [2.24, 2.45) is 0 Å². The molecule has 0 atom stereocenters. The Balaban J connectivity index is 2.20.